The number of hydrogen-bond acceptors (Lipinski definition) is 5. The van der Waals surface area contributed by atoms with Crippen LogP contribution < -0.4 is 0 Å². The van der Waals surface area contributed by atoms with Crippen molar-refractivity contribution in [3.8, 4) is 5.75 Å². The van der Waals surface area contributed by atoms with E-state index in [0.29, 0.717) is 12.1 Å². The van der Waals surface area contributed by atoms with Gasteiger partial charge in [0.2, 0.25) is 10.0 Å². The molecule has 0 aromatic heterocycles. The van der Waals surface area contributed by atoms with E-state index in [2.05, 4.69) is 0 Å². The molecule has 8 heteroatoms. The Hall–Kier alpha value is -1.64. The van der Waals surface area contributed by atoms with Crippen molar-refractivity contribution in [2.45, 2.75) is 17.8 Å². The first-order valence-corrected chi connectivity index (χ1v) is 11.0. The average Bonchev–Trinajstić information content (AvgIpc) is 2.63. The molecule has 29 heavy (non-hydrogen) atoms. The highest BCUT2D eigenvalue weighted by Gasteiger charge is 2.45. The van der Waals surface area contributed by atoms with Crippen LogP contribution in [0, 0.1) is 5.92 Å². The molecule has 0 spiro atoms. The quantitative estimate of drug-likeness (QED) is 0.721. The SMILES string of the molecule is CN(C)C[C@@H]1CN(S(=O)(=O)Cc2ccccc2)CC[C@@]1(O)c1cccc(O)c1.Cl. The zero-order valence-corrected chi connectivity index (χ0v) is 18.4. The van der Waals surface area contributed by atoms with Gasteiger partial charge < -0.3 is 15.1 Å². The lowest BCUT2D eigenvalue weighted by Gasteiger charge is -2.45. The molecule has 160 valence electrons. The zero-order chi connectivity index (χ0) is 20.4. The fraction of sp³-hybridized carbons (Fsp3) is 0.429. The number of rotatable bonds is 6. The van der Waals surface area contributed by atoms with Gasteiger partial charge in [0.15, 0.2) is 0 Å². The van der Waals surface area contributed by atoms with Gasteiger partial charge in [0.1, 0.15) is 5.75 Å². The van der Waals surface area contributed by atoms with Crippen molar-refractivity contribution in [1.82, 2.24) is 9.21 Å². The Morgan fingerprint density at radius 2 is 1.83 bits per heavy atom. The molecule has 0 saturated carbocycles. The predicted octanol–water partition coefficient (Wildman–Crippen LogP) is 2.42. The van der Waals surface area contributed by atoms with E-state index >= 15 is 0 Å². The van der Waals surface area contributed by atoms with Crippen LogP contribution in [0.2, 0.25) is 0 Å². The molecule has 0 bridgehead atoms. The summed E-state index contributed by atoms with van der Waals surface area (Å²) in [5, 5.41) is 21.3. The highest BCUT2D eigenvalue weighted by Crippen LogP contribution is 2.39. The summed E-state index contributed by atoms with van der Waals surface area (Å²) in [6, 6.07) is 15.8. The van der Waals surface area contributed by atoms with E-state index < -0.39 is 15.6 Å². The topological polar surface area (TPSA) is 81.1 Å². The van der Waals surface area contributed by atoms with Crippen molar-refractivity contribution in [1.29, 1.82) is 0 Å². The van der Waals surface area contributed by atoms with E-state index in [1.807, 2.05) is 49.3 Å². The van der Waals surface area contributed by atoms with Crippen LogP contribution in [-0.4, -0.2) is 61.6 Å². The first-order valence-electron chi connectivity index (χ1n) is 9.39. The van der Waals surface area contributed by atoms with E-state index in [9.17, 15) is 18.6 Å². The third kappa shape index (κ3) is 5.49. The molecule has 3 rings (SSSR count). The molecule has 0 aliphatic carbocycles. The number of hydrogen-bond donors (Lipinski definition) is 2. The normalized spacial score (nSPS) is 23.0. The van der Waals surface area contributed by atoms with Crippen molar-refractivity contribution in [3.63, 3.8) is 0 Å². The van der Waals surface area contributed by atoms with Crippen LogP contribution >= 0.6 is 12.4 Å². The largest absolute Gasteiger partial charge is 0.508 e. The van der Waals surface area contributed by atoms with Crippen molar-refractivity contribution in [2.75, 3.05) is 33.7 Å². The Morgan fingerprint density at radius 1 is 1.14 bits per heavy atom. The Kier molecular flexibility index (Phi) is 7.70. The molecular weight excluding hydrogens is 412 g/mol. The second-order valence-electron chi connectivity index (χ2n) is 7.78. The number of phenols is 1. The Balaban J connectivity index is 0.00000300. The van der Waals surface area contributed by atoms with Crippen LogP contribution in [0.5, 0.6) is 5.75 Å². The van der Waals surface area contributed by atoms with Gasteiger partial charge in [-0.1, -0.05) is 42.5 Å². The molecule has 1 aliphatic rings. The highest BCUT2D eigenvalue weighted by atomic mass is 35.5. The highest BCUT2D eigenvalue weighted by molar-refractivity contribution is 7.88. The van der Waals surface area contributed by atoms with Crippen LogP contribution in [0.15, 0.2) is 54.6 Å². The summed E-state index contributed by atoms with van der Waals surface area (Å²) in [5.41, 5.74) is 0.182. The maximum absolute atomic E-state index is 13.0. The van der Waals surface area contributed by atoms with E-state index in [4.69, 9.17) is 0 Å². The first kappa shape index (κ1) is 23.6. The van der Waals surface area contributed by atoms with Gasteiger partial charge in [-0.25, -0.2) is 12.7 Å². The molecule has 0 unspecified atom stereocenters. The van der Waals surface area contributed by atoms with Crippen LogP contribution in [0.25, 0.3) is 0 Å². The van der Waals surface area contributed by atoms with Gasteiger partial charge in [0.25, 0.3) is 0 Å². The molecule has 2 atom stereocenters. The fourth-order valence-electron chi connectivity index (χ4n) is 3.92. The molecule has 2 aromatic carbocycles. The maximum atomic E-state index is 13.0. The number of nitrogens with zero attached hydrogens (tertiary/aromatic N) is 2. The van der Waals surface area contributed by atoms with Crippen LogP contribution in [0.3, 0.4) is 0 Å². The van der Waals surface area contributed by atoms with Crippen LogP contribution in [-0.2, 0) is 21.4 Å². The van der Waals surface area contributed by atoms with Crippen molar-refractivity contribution < 1.29 is 18.6 Å². The fourth-order valence-corrected chi connectivity index (χ4v) is 5.49. The molecule has 0 radical (unpaired) electrons. The van der Waals surface area contributed by atoms with Crippen molar-refractivity contribution in [3.05, 3.63) is 65.7 Å². The second kappa shape index (κ2) is 9.45. The summed E-state index contributed by atoms with van der Waals surface area (Å²) < 4.78 is 27.4. The molecule has 2 aromatic rings. The third-order valence-corrected chi connectivity index (χ3v) is 7.18. The molecule has 6 nitrogen and oxygen atoms in total. The summed E-state index contributed by atoms with van der Waals surface area (Å²) in [4.78, 5) is 1.95. The standard InChI is InChI=1S/C21H28N2O4S.ClH/c1-22(2)14-19-15-23(28(26,27)16-17-7-4-3-5-8-17)12-11-21(19,25)18-9-6-10-20(24)13-18;/h3-10,13,19,24-25H,11-12,14-16H2,1-2H3;1H/t19-,21-;/m1./s1. The smallest absolute Gasteiger partial charge is 0.218 e. The minimum absolute atomic E-state index is 0. The second-order valence-corrected chi connectivity index (χ2v) is 9.75. The molecule has 1 heterocycles. The Labute approximate surface area is 179 Å². The Morgan fingerprint density at radius 3 is 2.45 bits per heavy atom. The summed E-state index contributed by atoms with van der Waals surface area (Å²) in [6.07, 6.45) is 0.281. The van der Waals surface area contributed by atoms with E-state index in [1.54, 1.807) is 24.3 Å². The molecule has 0 amide bonds. The van der Waals surface area contributed by atoms with Gasteiger partial charge in [0.05, 0.1) is 11.4 Å². The minimum atomic E-state index is -3.49. The number of piperidine rings is 1. The molecule has 2 N–H and O–H groups in total. The van der Waals surface area contributed by atoms with Gasteiger partial charge >= 0.3 is 0 Å². The maximum Gasteiger partial charge on any atom is 0.218 e. The lowest BCUT2D eigenvalue weighted by atomic mass is 9.76. The number of aromatic hydroxyl groups is 1. The van der Waals surface area contributed by atoms with E-state index in [1.165, 1.54) is 4.31 Å². The summed E-state index contributed by atoms with van der Waals surface area (Å²) in [7, 11) is 0.315. The molecule has 1 saturated heterocycles. The third-order valence-electron chi connectivity index (χ3n) is 5.36. The zero-order valence-electron chi connectivity index (χ0n) is 16.7. The van der Waals surface area contributed by atoms with Gasteiger partial charge in [-0.2, -0.15) is 0 Å². The monoisotopic (exact) mass is 440 g/mol. The van der Waals surface area contributed by atoms with Gasteiger partial charge in [0, 0.05) is 25.6 Å². The van der Waals surface area contributed by atoms with Crippen LogP contribution in [0.1, 0.15) is 17.5 Å². The van der Waals surface area contributed by atoms with Crippen molar-refractivity contribution >= 4 is 22.4 Å². The molecule has 1 aliphatic heterocycles. The lowest BCUT2D eigenvalue weighted by Crippen LogP contribution is -2.54. The summed E-state index contributed by atoms with van der Waals surface area (Å²) in [5.74, 6) is -0.273. The predicted molar refractivity (Wildman–Crippen MR) is 117 cm³/mol. The number of sulfonamides is 1. The number of halogens is 1. The van der Waals surface area contributed by atoms with Crippen LogP contribution in [0.4, 0.5) is 0 Å². The number of phenolic OH excluding ortho intramolecular Hbond substituents is 1. The van der Waals surface area contributed by atoms with Gasteiger partial charge in [-0.3, -0.25) is 0 Å². The Bertz CT molecular complexity index is 908. The first-order chi connectivity index (χ1) is 13.2. The molecule has 1 fully saturated rings. The number of benzene rings is 2. The minimum Gasteiger partial charge on any atom is -0.508 e. The summed E-state index contributed by atoms with van der Waals surface area (Å²) in [6.45, 7) is 1.01. The average molecular weight is 441 g/mol. The van der Waals surface area contributed by atoms with Gasteiger partial charge in [-0.15, -0.1) is 12.4 Å². The van der Waals surface area contributed by atoms with E-state index in [0.717, 1.165) is 5.56 Å². The molecular formula is C21H29ClN2O4S. The number of aliphatic hydroxyl groups is 1. The summed E-state index contributed by atoms with van der Waals surface area (Å²) >= 11 is 0. The van der Waals surface area contributed by atoms with E-state index in [-0.39, 0.29) is 49.3 Å². The van der Waals surface area contributed by atoms with Gasteiger partial charge in [-0.05, 0) is 43.8 Å². The van der Waals surface area contributed by atoms with Crippen molar-refractivity contribution in [2.24, 2.45) is 5.92 Å². The lowest BCUT2D eigenvalue weighted by molar-refractivity contribution is -0.0699.